The molecule has 1 saturated carbocycles. The first-order chi connectivity index (χ1) is 15.5. The van der Waals surface area contributed by atoms with Gasteiger partial charge < -0.3 is 14.9 Å². The molecule has 166 valence electrons. The van der Waals surface area contributed by atoms with Gasteiger partial charge in [0, 0.05) is 41.3 Å². The summed E-state index contributed by atoms with van der Waals surface area (Å²) in [7, 11) is 0. The largest absolute Gasteiger partial charge is 0.465 e. The van der Waals surface area contributed by atoms with Crippen LogP contribution in [0, 0.1) is 0 Å². The highest BCUT2D eigenvalue weighted by Crippen LogP contribution is 2.44. The standard InChI is InChI=1S/C23H25N5O4/c1-14-2-5-19-20(28(14)23(30)31)7-6-18(17-12-26-27(13-17)8-9-29)21(19)32-22-24-10-16(11-25-22)15-3-4-15/h6-7,10-15,29H,2-5,8-9H2,1H3,(H,30,31)/t14-/m0/s1. The molecule has 32 heavy (non-hydrogen) atoms. The number of anilines is 1. The Bertz CT molecular complexity index is 1140. The van der Waals surface area contributed by atoms with Crippen molar-refractivity contribution >= 4 is 11.8 Å². The number of carbonyl (C=O) groups is 1. The second-order valence-electron chi connectivity index (χ2n) is 8.37. The number of aliphatic hydroxyl groups excluding tert-OH is 1. The zero-order chi connectivity index (χ0) is 22.2. The summed E-state index contributed by atoms with van der Waals surface area (Å²) in [6, 6.07) is 3.77. The summed E-state index contributed by atoms with van der Waals surface area (Å²) >= 11 is 0. The van der Waals surface area contributed by atoms with Gasteiger partial charge in [-0.3, -0.25) is 9.58 Å². The Morgan fingerprint density at radius 1 is 1.19 bits per heavy atom. The average Bonchev–Trinajstić information content (AvgIpc) is 3.53. The highest BCUT2D eigenvalue weighted by molar-refractivity contribution is 5.91. The summed E-state index contributed by atoms with van der Waals surface area (Å²) in [5, 5.41) is 23.3. The van der Waals surface area contributed by atoms with E-state index in [2.05, 4.69) is 15.1 Å². The Balaban J connectivity index is 1.59. The Labute approximate surface area is 185 Å². The van der Waals surface area contributed by atoms with Gasteiger partial charge in [-0.15, -0.1) is 0 Å². The lowest BCUT2D eigenvalue weighted by atomic mass is 9.92. The van der Waals surface area contributed by atoms with Gasteiger partial charge >= 0.3 is 12.1 Å². The molecule has 3 aromatic rings. The van der Waals surface area contributed by atoms with Crippen molar-refractivity contribution in [3.63, 3.8) is 0 Å². The van der Waals surface area contributed by atoms with E-state index in [1.54, 1.807) is 23.3 Å². The minimum absolute atomic E-state index is 0.0126. The Morgan fingerprint density at radius 3 is 2.66 bits per heavy atom. The van der Waals surface area contributed by atoms with Crippen LogP contribution < -0.4 is 9.64 Å². The maximum Gasteiger partial charge on any atom is 0.412 e. The van der Waals surface area contributed by atoms with Crippen molar-refractivity contribution in [1.82, 2.24) is 19.7 Å². The molecule has 1 aliphatic carbocycles. The third-order valence-corrected chi connectivity index (χ3v) is 6.12. The predicted molar refractivity (Wildman–Crippen MR) is 117 cm³/mol. The van der Waals surface area contributed by atoms with Crippen LogP contribution in [0.25, 0.3) is 11.1 Å². The van der Waals surface area contributed by atoms with Crippen LogP contribution in [0.15, 0.2) is 36.9 Å². The number of aromatic nitrogens is 4. The minimum atomic E-state index is -0.988. The van der Waals surface area contributed by atoms with Gasteiger partial charge in [0.1, 0.15) is 5.75 Å². The molecule has 0 radical (unpaired) electrons. The minimum Gasteiger partial charge on any atom is -0.465 e. The monoisotopic (exact) mass is 435 g/mol. The van der Waals surface area contributed by atoms with Gasteiger partial charge in [0.05, 0.1) is 25.0 Å². The van der Waals surface area contributed by atoms with Gasteiger partial charge in [0.25, 0.3) is 0 Å². The molecule has 1 aromatic carbocycles. The highest BCUT2D eigenvalue weighted by atomic mass is 16.5. The molecule has 2 N–H and O–H groups in total. The van der Waals surface area contributed by atoms with E-state index in [9.17, 15) is 15.0 Å². The SMILES string of the molecule is C[C@H]1CCc2c(ccc(-c3cnn(CCO)c3)c2Oc2ncc(C3CC3)cn2)N1C(=O)O. The van der Waals surface area contributed by atoms with Crippen LogP contribution in [0.4, 0.5) is 10.5 Å². The van der Waals surface area contributed by atoms with Crippen molar-refractivity contribution in [2.24, 2.45) is 0 Å². The smallest absolute Gasteiger partial charge is 0.412 e. The molecule has 1 fully saturated rings. The molecule has 0 spiro atoms. The summed E-state index contributed by atoms with van der Waals surface area (Å²) in [5.74, 6) is 1.09. The molecule has 5 rings (SSSR count). The number of amides is 1. The number of ether oxygens (including phenoxy) is 1. The third-order valence-electron chi connectivity index (χ3n) is 6.12. The molecule has 0 bridgehead atoms. The predicted octanol–water partition coefficient (Wildman–Crippen LogP) is 3.82. The van der Waals surface area contributed by atoms with E-state index >= 15 is 0 Å². The third kappa shape index (κ3) is 3.80. The van der Waals surface area contributed by atoms with Crippen LogP contribution >= 0.6 is 0 Å². The van der Waals surface area contributed by atoms with E-state index < -0.39 is 6.09 Å². The van der Waals surface area contributed by atoms with E-state index in [-0.39, 0.29) is 18.7 Å². The van der Waals surface area contributed by atoms with Gasteiger partial charge in [-0.25, -0.2) is 14.8 Å². The van der Waals surface area contributed by atoms with Crippen LogP contribution in [0.5, 0.6) is 11.8 Å². The van der Waals surface area contributed by atoms with E-state index in [1.165, 1.54) is 17.7 Å². The lowest BCUT2D eigenvalue weighted by Gasteiger charge is -2.34. The summed E-state index contributed by atoms with van der Waals surface area (Å²) < 4.78 is 7.88. The molecule has 2 aromatic heterocycles. The fourth-order valence-electron chi connectivity index (χ4n) is 4.27. The molecule has 3 heterocycles. The first-order valence-corrected chi connectivity index (χ1v) is 10.9. The molecule has 1 atom stereocenters. The normalized spacial score (nSPS) is 17.8. The van der Waals surface area contributed by atoms with Gasteiger partial charge in [0.15, 0.2) is 0 Å². The first kappa shape index (κ1) is 20.4. The van der Waals surface area contributed by atoms with Gasteiger partial charge in [-0.05, 0) is 56.2 Å². The molecule has 9 heteroatoms. The van der Waals surface area contributed by atoms with Crippen LogP contribution in [-0.2, 0) is 13.0 Å². The zero-order valence-electron chi connectivity index (χ0n) is 17.8. The zero-order valence-corrected chi connectivity index (χ0v) is 17.8. The summed E-state index contributed by atoms with van der Waals surface area (Å²) in [6.45, 7) is 2.28. The molecule has 1 aliphatic heterocycles. The molecule has 9 nitrogen and oxygen atoms in total. The number of nitrogens with zero attached hydrogens (tertiary/aromatic N) is 5. The maximum atomic E-state index is 12.0. The lowest BCUT2D eigenvalue weighted by Crippen LogP contribution is -2.41. The molecule has 2 aliphatic rings. The molecule has 1 amide bonds. The molecule has 0 saturated heterocycles. The Morgan fingerprint density at radius 2 is 1.97 bits per heavy atom. The van der Waals surface area contributed by atoms with Crippen molar-refractivity contribution < 1.29 is 19.7 Å². The molecular formula is C23H25N5O4. The van der Waals surface area contributed by atoms with E-state index in [1.807, 2.05) is 25.3 Å². The number of carboxylic acid groups (broad SMARTS) is 1. The number of fused-ring (bicyclic) bond motifs is 1. The highest BCUT2D eigenvalue weighted by Gasteiger charge is 2.32. The van der Waals surface area contributed by atoms with Crippen molar-refractivity contribution in [1.29, 1.82) is 0 Å². The van der Waals surface area contributed by atoms with Crippen molar-refractivity contribution in [2.45, 2.75) is 51.1 Å². The average molecular weight is 435 g/mol. The van der Waals surface area contributed by atoms with Crippen LogP contribution in [-0.4, -0.2) is 48.7 Å². The molecular weight excluding hydrogens is 410 g/mol. The van der Waals surface area contributed by atoms with Crippen LogP contribution in [0.3, 0.4) is 0 Å². The van der Waals surface area contributed by atoms with E-state index in [0.717, 1.165) is 22.3 Å². The number of rotatable bonds is 6. The summed E-state index contributed by atoms with van der Waals surface area (Å²) in [4.78, 5) is 22.2. The number of hydrogen-bond acceptors (Lipinski definition) is 6. The fourth-order valence-corrected chi connectivity index (χ4v) is 4.27. The van der Waals surface area contributed by atoms with Crippen LogP contribution in [0.2, 0.25) is 0 Å². The number of hydrogen-bond donors (Lipinski definition) is 2. The first-order valence-electron chi connectivity index (χ1n) is 10.9. The Hall–Kier alpha value is -3.46. The summed E-state index contributed by atoms with van der Waals surface area (Å²) in [5.41, 5.74) is 4.14. The summed E-state index contributed by atoms with van der Waals surface area (Å²) in [6.07, 6.45) is 9.86. The molecule has 0 unspecified atom stereocenters. The van der Waals surface area contributed by atoms with Gasteiger partial charge in [-0.1, -0.05) is 0 Å². The van der Waals surface area contributed by atoms with Gasteiger partial charge in [-0.2, -0.15) is 5.10 Å². The Kier molecular flexibility index (Phi) is 5.26. The fraction of sp³-hybridized carbons (Fsp3) is 0.391. The topological polar surface area (TPSA) is 114 Å². The second kappa shape index (κ2) is 8.23. The maximum absolute atomic E-state index is 12.0. The van der Waals surface area contributed by atoms with E-state index in [4.69, 9.17) is 4.74 Å². The van der Waals surface area contributed by atoms with Crippen molar-refractivity contribution in [3.8, 4) is 22.9 Å². The van der Waals surface area contributed by atoms with Crippen LogP contribution in [0.1, 0.15) is 43.2 Å². The number of aliphatic hydroxyl groups is 1. The quantitative estimate of drug-likeness (QED) is 0.605. The van der Waals surface area contributed by atoms with Crippen molar-refractivity contribution in [3.05, 3.63) is 48.0 Å². The van der Waals surface area contributed by atoms with Gasteiger partial charge in [0.2, 0.25) is 0 Å². The number of benzene rings is 1. The lowest BCUT2D eigenvalue weighted by molar-refractivity contribution is 0.198. The second-order valence-corrected chi connectivity index (χ2v) is 8.37. The van der Waals surface area contributed by atoms with Crippen molar-refractivity contribution in [2.75, 3.05) is 11.5 Å². The van der Waals surface area contributed by atoms with E-state index in [0.29, 0.717) is 36.7 Å².